The zero-order chi connectivity index (χ0) is 16.9. The van der Waals surface area contributed by atoms with Gasteiger partial charge < -0.3 is 5.11 Å². The van der Waals surface area contributed by atoms with Crippen LogP contribution in [0.4, 0.5) is 0 Å². The molecule has 0 aromatic rings. The molecular formula is C18H21N3O2S. The molecule has 1 amide bonds. The average Bonchev–Trinajstić information content (AvgIpc) is 2.89. The number of nitrogens with zero attached hydrogens (tertiary/aromatic N) is 3. The number of fused-ring (bicyclic) bond motifs is 3. The summed E-state index contributed by atoms with van der Waals surface area (Å²) in [6.45, 7) is 0. The van der Waals surface area contributed by atoms with E-state index < -0.39 is 17.1 Å². The number of carbonyl (C=O) groups is 1. The minimum Gasteiger partial charge on any atom is -0.369 e. The van der Waals surface area contributed by atoms with Crippen LogP contribution in [0.5, 0.6) is 0 Å². The molecule has 0 bridgehead atoms. The fourth-order valence-electron chi connectivity index (χ4n) is 5.12. The minimum atomic E-state index is -1.22. The van der Waals surface area contributed by atoms with Gasteiger partial charge in [-0.05, 0) is 32.1 Å². The smallest absolute Gasteiger partial charge is 0.248 e. The molecule has 3 fully saturated rings. The van der Waals surface area contributed by atoms with Gasteiger partial charge >= 0.3 is 0 Å². The Labute approximate surface area is 146 Å². The number of hydrogen-bond donors (Lipinski definition) is 1. The van der Waals surface area contributed by atoms with E-state index in [0.717, 1.165) is 51.4 Å². The van der Waals surface area contributed by atoms with Crippen LogP contribution in [0, 0.1) is 34.0 Å². The number of nitriles is 2. The number of thioether (sulfide) groups is 1. The van der Waals surface area contributed by atoms with E-state index in [1.165, 1.54) is 16.7 Å². The van der Waals surface area contributed by atoms with E-state index >= 15 is 0 Å². The molecule has 6 heteroatoms. The zero-order valence-corrected chi connectivity index (χ0v) is 14.4. The molecule has 4 rings (SSSR count). The van der Waals surface area contributed by atoms with Gasteiger partial charge in [0.1, 0.15) is 5.92 Å². The lowest BCUT2D eigenvalue weighted by Crippen LogP contribution is -2.59. The molecule has 3 atom stereocenters. The van der Waals surface area contributed by atoms with Crippen LogP contribution in [0.25, 0.3) is 0 Å². The van der Waals surface area contributed by atoms with Gasteiger partial charge in [-0.2, -0.15) is 10.5 Å². The highest BCUT2D eigenvalue weighted by molar-refractivity contribution is 8.04. The molecule has 2 heterocycles. The molecule has 2 saturated carbocycles. The summed E-state index contributed by atoms with van der Waals surface area (Å²) in [5, 5.41) is 31.5. The Hall–Kier alpha value is -1.50. The lowest BCUT2D eigenvalue weighted by molar-refractivity contribution is -0.162. The molecule has 4 aliphatic rings. The highest BCUT2D eigenvalue weighted by Gasteiger charge is 2.63. The van der Waals surface area contributed by atoms with Crippen molar-refractivity contribution in [1.29, 1.82) is 10.5 Å². The lowest BCUT2D eigenvalue weighted by atomic mass is 9.60. The minimum absolute atomic E-state index is 0.0772. The first kappa shape index (κ1) is 16.0. The Morgan fingerprint density at radius 2 is 1.83 bits per heavy atom. The number of amides is 1. The highest BCUT2D eigenvalue weighted by Crippen LogP contribution is 2.61. The van der Waals surface area contributed by atoms with Crippen LogP contribution in [0.3, 0.4) is 0 Å². The third kappa shape index (κ3) is 1.87. The van der Waals surface area contributed by atoms with E-state index in [0.29, 0.717) is 17.0 Å². The Balaban J connectivity index is 1.91. The Kier molecular flexibility index (Phi) is 3.67. The molecule has 2 aliphatic carbocycles. The van der Waals surface area contributed by atoms with Gasteiger partial charge in [0, 0.05) is 5.41 Å². The molecule has 1 spiro atoms. The van der Waals surface area contributed by atoms with Crippen LogP contribution in [0.15, 0.2) is 10.6 Å². The van der Waals surface area contributed by atoms with E-state index in [-0.39, 0.29) is 11.2 Å². The quantitative estimate of drug-likeness (QED) is 0.730. The van der Waals surface area contributed by atoms with Crippen LogP contribution in [0.2, 0.25) is 0 Å². The van der Waals surface area contributed by atoms with Gasteiger partial charge in [0.05, 0.1) is 28.0 Å². The van der Waals surface area contributed by atoms with Crippen LogP contribution in [0.1, 0.15) is 57.8 Å². The van der Waals surface area contributed by atoms with E-state index in [1.807, 2.05) is 0 Å². The zero-order valence-electron chi connectivity index (χ0n) is 13.6. The largest absolute Gasteiger partial charge is 0.369 e. The first-order chi connectivity index (χ1) is 11.6. The SMILES string of the molecule is N#CC1=C2SC3CCCCC3(O)N2C(=O)C(C#N)C12CCCCC2. The van der Waals surface area contributed by atoms with E-state index in [2.05, 4.69) is 12.1 Å². The van der Waals surface area contributed by atoms with Crippen molar-refractivity contribution >= 4 is 17.7 Å². The van der Waals surface area contributed by atoms with Crippen molar-refractivity contribution < 1.29 is 9.90 Å². The molecule has 3 unspecified atom stereocenters. The maximum atomic E-state index is 13.2. The number of carbonyl (C=O) groups excluding carboxylic acids is 1. The molecule has 5 nitrogen and oxygen atoms in total. The van der Waals surface area contributed by atoms with Gasteiger partial charge in [0.15, 0.2) is 5.72 Å². The standard InChI is InChI=1S/C18H21N3O2S/c19-10-12-15(22)21-16(24-14-6-2-5-9-18(14,21)23)13(11-20)17(12)7-3-1-4-8-17/h12,14,23H,1-9H2. The van der Waals surface area contributed by atoms with Crippen LogP contribution < -0.4 is 0 Å². The van der Waals surface area contributed by atoms with Crippen LogP contribution in [-0.4, -0.2) is 26.9 Å². The summed E-state index contributed by atoms with van der Waals surface area (Å²) < 4.78 is 0. The maximum Gasteiger partial charge on any atom is 0.248 e. The summed E-state index contributed by atoms with van der Waals surface area (Å²) in [5.74, 6) is -1.13. The molecular weight excluding hydrogens is 322 g/mol. The van der Waals surface area contributed by atoms with Gasteiger partial charge in [-0.3, -0.25) is 9.69 Å². The Morgan fingerprint density at radius 1 is 1.12 bits per heavy atom. The van der Waals surface area contributed by atoms with Gasteiger partial charge in [-0.1, -0.05) is 37.4 Å². The fourth-order valence-corrected chi connectivity index (χ4v) is 6.81. The molecule has 2 aliphatic heterocycles. The molecule has 1 N–H and O–H groups in total. The van der Waals surface area contributed by atoms with Gasteiger partial charge in [-0.15, -0.1) is 0 Å². The van der Waals surface area contributed by atoms with Gasteiger partial charge in [-0.25, -0.2) is 0 Å². The third-order valence-electron chi connectivity index (χ3n) is 6.34. The molecule has 126 valence electrons. The molecule has 0 radical (unpaired) electrons. The maximum absolute atomic E-state index is 13.2. The van der Waals surface area contributed by atoms with Gasteiger partial charge in [0.25, 0.3) is 0 Å². The van der Waals surface area contributed by atoms with Crippen molar-refractivity contribution in [2.75, 3.05) is 0 Å². The summed E-state index contributed by atoms with van der Waals surface area (Å²) in [6, 6.07) is 4.56. The van der Waals surface area contributed by atoms with E-state index in [1.54, 1.807) is 0 Å². The van der Waals surface area contributed by atoms with Crippen molar-refractivity contribution in [3.8, 4) is 12.1 Å². The summed E-state index contributed by atoms with van der Waals surface area (Å²) in [4.78, 5) is 14.7. The highest BCUT2D eigenvalue weighted by atomic mass is 32.2. The number of allylic oxidation sites excluding steroid dienone is 1. The molecule has 0 aromatic heterocycles. The van der Waals surface area contributed by atoms with Gasteiger partial charge in [0.2, 0.25) is 5.91 Å². The van der Waals surface area contributed by atoms with Crippen molar-refractivity contribution in [3.05, 3.63) is 10.6 Å². The van der Waals surface area contributed by atoms with Crippen molar-refractivity contribution in [2.45, 2.75) is 68.8 Å². The second kappa shape index (κ2) is 5.51. The first-order valence-corrected chi connectivity index (χ1v) is 9.74. The summed E-state index contributed by atoms with van der Waals surface area (Å²) in [6.07, 6.45) is 7.71. The second-order valence-corrected chi connectivity index (χ2v) is 8.67. The van der Waals surface area contributed by atoms with Crippen molar-refractivity contribution in [2.24, 2.45) is 11.3 Å². The summed E-state index contributed by atoms with van der Waals surface area (Å²) in [5.41, 5.74) is -1.27. The average molecular weight is 343 g/mol. The van der Waals surface area contributed by atoms with Crippen molar-refractivity contribution in [3.63, 3.8) is 0 Å². The molecule has 1 saturated heterocycles. The lowest BCUT2D eigenvalue weighted by Gasteiger charge is -2.48. The topological polar surface area (TPSA) is 88.1 Å². The van der Waals surface area contributed by atoms with Crippen LogP contribution in [-0.2, 0) is 4.79 Å². The second-order valence-electron chi connectivity index (χ2n) is 7.48. The number of aliphatic hydroxyl groups is 1. The molecule has 0 aromatic carbocycles. The fraction of sp³-hybridized carbons (Fsp3) is 0.722. The number of hydrogen-bond acceptors (Lipinski definition) is 5. The predicted molar refractivity (Wildman–Crippen MR) is 88.9 cm³/mol. The predicted octanol–water partition coefficient (Wildman–Crippen LogP) is 3.03. The summed E-state index contributed by atoms with van der Waals surface area (Å²) >= 11 is 1.50. The van der Waals surface area contributed by atoms with E-state index in [9.17, 15) is 20.4 Å². The van der Waals surface area contributed by atoms with E-state index in [4.69, 9.17) is 0 Å². The Morgan fingerprint density at radius 3 is 2.50 bits per heavy atom. The van der Waals surface area contributed by atoms with Crippen molar-refractivity contribution in [1.82, 2.24) is 4.90 Å². The first-order valence-electron chi connectivity index (χ1n) is 8.86. The third-order valence-corrected chi connectivity index (χ3v) is 7.85. The monoisotopic (exact) mass is 343 g/mol. The Bertz CT molecular complexity index is 698. The number of rotatable bonds is 0. The summed E-state index contributed by atoms with van der Waals surface area (Å²) in [7, 11) is 0. The normalized spacial score (nSPS) is 37.6. The van der Waals surface area contributed by atoms with Crippen LogP contribution >= 0.6 is 11.8 Å². The molecule has 24 heavy (non-hydrogen) atoms.